The van der Waals surface area contributed by atoms with Crippen molar-refractivity contribution in [1.29, 1.82) is 5.26 Å². The Morgan fingerprint density at radius 3 is 2.68 bits per heavy atom. The summed E-state index contributed by atoms with van der Waals surface area (Å²) in [5.41, 5.74) is 1.79. The third-order valence-electron chi connectivity index (χ3n) is 4.01. The molecule has 1 saturated heterocycles. The van der Waals surface area contributed by atoms with Gasteiger partial charge in [0.25, 0.3) is 0 Å². The molecule has 102 valence electrons. The van der Waals surface area contributed by atoms with E-state index in [0.29, 0.717) is 6.04 Å². The predicted octanol–water partition coefficient (Wildman–Crippen LogP) is 3.24. The summed E-state index contributed by atoms with van der Waals surface area (Å²) in [5.74, 6) is 0. The summed E-state index contributed by atoms with van der Waals surface area (Å²) in [5, 5.41) is 9.26. The van der Waals surface area contributed by atoms with E-state index in [2.05, 4.69) is 45.8 Å². The number of nitrogens with zero attached hydrogens (tertiary/aromatic N) is 3. The van der Waals surface area contributed by atoms with Crippen LogP contribution in [0.3, 0.4) is 0 Å². The van der Waals surface area contributed by atoms with Gasteiger partial charge >= 0.3 is 0 Å². The van der Waals surface area contributed by atoms with Gasteiger partial charge in [0.1, 0.15) is 6.07 Å². The van der Waals surface area contributed by atoms with Gasteiger partial charge in [-0.2, -0.15) is 5.26 Å². The number of rotatable bonds is 3. The summed E-state index contributed by atoms with van der Waals surface area (Å²) in [7, 11) is 2.11. The Balaban J connectivity index is 2.12. The van der Waals surface area contributed by atoms with Crippen LogP contribution < -0.4 is 4.90 Å². The Hall–Kier alpha value is -1.05. The van der Waals surface area contributed by atoms with E-state index in [1.165, 1.54) is 12.8 Å². The first-order chi connectivity index (χ1) is 9.15. The molecule has 1 aliphatic rings. The highest BCUT2D eigenvalue weighted by atomic mass is 79.9. The second-order valence-electron chi connectivity index (χ2n) is 5.05. The molecule has 19 heavy (non-hydrogen) atoms. The zero-order chi connectivity index (χ0) is 13.8. The second kappa shape index (κ2) is 6.40. The fourth-order valence-electron chi connectivity index (χ4n) is 2.72. The Morgan fingerprint density at radius 1 is 1.42 bits per heavy atom. The SMILES string of the molecule is CCN1CCC(N(C)c2ccc(Br)cc2C#N)CC1. The number of hydrogen-bond acceptors (Lipinski definition) is 3. The summed E-state index contributed by atoms with van der Waals surface area (Å²) in [6.45, 7) is 5.67. The first-order valence-corrected chi connectivity index (χ1v) is 7.59. The molecule has 0 amide bonds. The van der Waals surface area contributed by atoms with E-state index in [-0.39, 0.29) is 0 Å². The zero-order valence-corrected chi connectivity index (χ0v) is 13.2. The number of likely N-dealkylation sites (tertiary alicyclic amines) is 1. The van der Waals surface area contributed by atoms with Crippen molar-refractivity contribution in [1.82, 2.24) is 4.90 Å². The van der Waals surface area contributed by atoms with Gasteiger partial charge in [-0.3, -0.25) is 0 Å². The molecule has 2 rings (SSSR count). The van der Waals surface area contributed by atoms with Crippen LogP contribution in [-0.2, 0) is 0 Å². The maximum absolute atomic E-state index is 9.26. The van der Waals surface area contributed by atoms with Crippen molar-refractivity contribution in [3.05, 3.63) is 28.2 Å². The Kier molecular flexibility index (Phi) is 4.84. The molecule has 1 heterocycles. The first-order valence-electron chi connectivity index (χ1n) is 6.80. The smallest absolute Gasteiger partial charge is 0.101 e. The van der Waals surface area contributed by atoms with Gasteiger partial charge in [-0.25, -0.2) is 0 Å². The summed E-state index contributed by atoms with van der Waals surface area (Å²) in [6.07, 6.45) is 2.34. The minimum Gasteiger partial charge on any atom is -0.370 e. The van der Waals surface area contributed by atoms with Crippen LogP contribution in [0.2, 0.25) is 0 Å². The van der Waals surface area contributed by atoms with Crippen molar-refractivity contribution in [2.75, 3.05) is 31.6 Å². The number of piperidine rings is 1. The van der Waals surface area contributed by atoms with Gasteiger partial charge in [0, 0.05) is 30.7 Å². The molecule has 0 aliphatic carbocycles. The van der Waals surface area contributed by atoms with Crippen molar-refractivity contribution in [2.45, 2.75) is 25.8 Å². The molecule has 1 fully saturated rings. The molecule has 4 heteroatoms. The van der Waals surface area contributed by atoms with Crippen LogP contribution in [0.4, 0.5) is 5.69 Å². The van der Waals surface area contributed by atoms with Crippen LogP contribution in [0.5, 0.6) is 0 Å². The normalized spacial score (nSPS) is 17.2. The molecule has 0 atom stereocenters. The molecule has 0 radical (unpaired) electrons. The summed E-state index contributed by atoms with van der Waals surface area (Å²) in [4.78, 5) is 4.76. The van der Waals surface area contributed by atoms with Gasteiger partial charge in [-0.1, -0.05) is 22.9 Å². The van der Waals surface area contributed by atoms with Crippen LogP contribution in [-0.4, -0.2) is 37.6 Å². The molecule has 3 nitrogen and oxygen atoms in total. The topological polar surface area (TPSA) is 30.3 Å². The minimum atomic E-state index is 0.538. The lowest BCUT2D eigenvalue weighted by Crippen LogP contribution is -2.43. The molecule has 0 saturated carbocycles. The van der Waals surface area contributed by atoms with Crippen LogP contribution in [0.1, 0.15) is 25.3 Å². The Labute approximate surface area is 123 Å². The van der Waals surface area contributed by atoms with E-state index in [9.17, 15) is 5.26 Å². The third kappa shape index (κ3) is 3.29. The molecule has 1 aromatic carbocycles. The van der Waals surface area contributed by atoms with E-state index in [1.54, 1.807) is 0 Å². The molecule has 0 N–H and O–H groups in total. The molecular formula is C15H20BrN3. The number of nitriles is 1. The average Bonchev–Trinajstić information content (AvgIpc) is 2.46. The number of benzene rings is 1. The van der Waals surface area contributed by atoms with Gasteiger partial charge in [0.15, 0.2) is 0 Å². The molecule has 1 aliphatic heterocycles. The van der Waals surface area contributed by atoms with Crippen LogP contribution in [0.15, 0.2) is 22.7 Å². The monoisotopic (exact) mass is 321 g/mol. The largest absolute Gasteiger partial charge is 0.370 e. The lowest BCUT2D eigenvalue weighted by molar-refractivity contribution is 0.221. The lowest BCUT2D eigenvalue weighted by atomic mass is 10.0. The minimum absolute atomic E-state index is 0.538. The van der Waals surface area contributed by atoms with Gasteiger partial charge in [-0.05, 0) is 37.6 Å². The fourth-order valence-corrected chi connectivity index (χ4v) is 3.09. The molecule has 0 bridgehead atoms. The molecule has 0 spiro atoms. The Morgan fingerprint density at radius 2 is 2.11 bits per heavy atom. The van der Waals surface area contributed by atoms with E-state index < -0.39 is 0 Å². The average molecular weight is 322 g/mol. The van der Waals surface area contributed by atoms with Crippen LogP contribution in [0, 0.1) is 11.3 Å². The number of halogens is 1. The standard InChI is InChI=1S/C15H20BrN3/c1-3-19-8-6-14(7-9-19)18(2)15-5-4-13(16)10-12(15)11-17/h4-5,10,14H,3,6-9H2,1-2H3. The van der Waals surface area contributed by atoms with Crippen LogP contribution in [0.25, 0.3) is 0 Å². The third-order valence-corrected chi connectivity index (χ3v) is 4.50. The van der Waals surface area contributed by atoms with Crippen molar-refractivity contribution in [3.8, 4) is 6.07 Å². The number of anilines is 1. The van der Waals surface area contributed by atoms with E-state index in [0.717, 1.165) is 35.4 Å². The van der Waals surface area contributed by atoms with E-state index >= 15 is 0 Å². The van der Waals surface area contributed by atoms with Crippen molar-refractivity contribution in [3.63, 3.8) is 0 Å². The van der Waals surface area contributed by atoms with E-state index in [1.807, 2.05) is 18.2 Å². The molecular weight excluding hydrogens is 302 g/mol. The van der Waals surface area contributed by atoms with Crippen LogP contribution >= 0.6 is 15.9 Å². The maximum atomic E-state index is 9.26. The van der Waals surface area contributed by atoms with Gasteiger partial charge < -0.3 is 9.80 Å². The summed E-state index contributed by atoms with van der Waals surface area (Å²) < 4.78 is 0.960. The predicted molar refractivity (Wildman–Crippen MR) is 82.4 cm³/mol. The van der Waals surface area contributed by atoms with Crippen molar-refractivity contribution >= 4 is 21.6 Å². The fraction of sp³-hybridized carbons (Fsp3) is 0.533. The molecule has 1 aromatic rings. The molecule has 0 aromatic heterocycles. The second-order valence-corrected chi connectivity index (χ2v) is 5.97. The highest BCUT2D eigenvalue weighted by Crippen LogP contribution is 2.27. The Bertz CT molecular complexity index is 473. The van der Waals surface area contributed by atoms with Gasteiger partial charge in [0.2, 0.25) is 0 Å². The van der Waals surface area contributed by atoms with Crippen molar-refractivity contribution < 1.29 is 0 Å². The summed E-state index contributed by atoms with van der Waals surface area (Å²) in [6, 6.07) is 8.77. The number of hydrogen-bond donors (Lipinski definition) is 0. The van der Waals surface area contributed by atoms with Gasteiger partial charge in [-0.15, -0.1) is 0 Å². The highest BCUT2D eigenvalue weighted by Gasteiger charge is 2.23. The van der Waals surface area contributed by atoms with Gasteiger partial charge in [0.05, 0.1) is 11.3 Å². The summed E-state index contributed by atoms with van der Waals surface area (Å²) >= 11 is 3.42. The highest BCUT2D eigenvalue weighted by molar-refractivity contribution is 9.10. The van der Waals surface area contributed by atoms with Crippen molar-refractivity contribution in [2.24, 2.45) is 0 Å². The quantitative estimate of drug-likeness (QED) is 0.856. The van der Waals surface area contributed by atoms with E-state index in [4.69, 9.17) is 0 Å². The lowest BCUT2D eigenvalue weighted by Gasteiger charge is -2.37. The maximum Gasteiger partial charge on any atom is 0.101 e. The molecule has 0 unspecified atom stereocenters. The first kappa shape index (κ1) is 14.4. The zero-order valence-electron chi connectivity index (χ0n) is 11.6.